The highest BCUT2D eigenvalue weighted by Crippen LogP contribution is 2.13. The molecular weight excluding hydrogens is 308 g/mol. The highest BCUT2D eigenvalue weighted by molar-refractivity contribution is 5.79. The molecule has 3 heterocycles. The number of amides is 3. The molecule has 0 saturated carbocycles. The molecule has 2 aliphatic heterocycles. The van der Waals surface area contributed by atoms with E-state index in [0.29, 0.717) is 45.8 Å². The van der Waals surface area contributed by atoms with Gasteiger partial charge in [-0.25, -0.2) is 4.79 Å². The van der Waals surface area contributed by atoms with Gasteiger partial charge in [0.1, 0.15) is 0 Å². The second kappa shape index (κ2) is 8.10. The predicted molar refractivity (Wildman–Crippen MR) is 88.5 cm³/mol. The Bertz CT molecular complexity index is 552. The van der Waals surface area contributed by atoms with Crippen LogP contribution in [0.4, 0.5) is 4.79 Å². The average molecular weight is 332 g/mol. The maximum atomic E-state index is 12.4. The Labute approximate surface area is 142 Å². The first-order valence-corrected chi connectivity index (χ1v) is 8.52. The lowest BCUT2D eigenvalue weighted by atomic mass is 10.0. The molecule has 0 radical (unpaired) electrons. The Balaban J connectivity index is 1.41. The van der Waals surface area contributed by atoms with Crippen molar-refractivity contribution < 1.29 is 14.3 Å². The average Bonchev–Trinajstić information content (AvgIpc) is 2.63. The summed E-state index contributed by atoms with van der Waals surface area (Å²) in [5, 5.41) is 3.07. The zero-order valence-corrected chi connectivity index (χ0v) is 13.8. The molecule has 0 spiro atoms. The molecule has 2 aliphatic rings. The molecule has 0 bridgehead atoms. The molecule has 1 aromatic heterocycles. The summed E-state index contributed by atoms with van der Waals surface area (Å²) in [5.74, 6) is 0.0148. The van der Waals surface area contributed by atoms with Gasteiger partial charge in [-0.3, -0.25) is 9.78 Å². The fourth-order valence-electron chi connectivity index (χ4n) is 3.14. The van der Waals surface area contributed by atoms with Crippen LogP contribution in [0.5, 0.6) is 0 Å². The minimum Gasteiger partial charge on any atom is -0.378 e. The number of morpholine rings is 1. The number of nitrogens with one attached hydrogen (secondary N) is 1. The molecule has 2 fully saturated rings. The zero-order chi connectivity index (χ0) is 16.8. The van der Waals surface area contributed by atoms with Crippen molar-refractivity contribution in [2.75, 3.05) is 39.4 Å². The Hall–Kier alpha value is -2.15. The maximum Gasteiger partial charge on any atom is 0.320 e. The Morgan fingerprint density at radius 2 is 1.88 bits per heavy atom. The van der Waals surface area contributed by atoms with E-state index in [1.54, 1.807) is 12.4 Å². The molecule has 0 unspecified atom stereocenters. The predicted octanol–water partition coefficient (Wildman–Crippen LogP) is 0.657. The van der Waals surface area contributed by atoms with E-state index in [1.807, 2.05) is 21.9 Å². The Kier molecular flexibility index (Phi) is 5.63. The van der Waals surface area contributed by atoms with Crippen LogP contribution in [-0.2, 0) is 16.0 Å². The summed E-state index contributed by atoms with van der Waals surface area (Å²) in [4.78, 5) is 32.3. The number of urea groups is 1. The van der Waals surface area contributed by atoms with Crippen molar-refractivity contribution in [3.8, 4) is 0 Å². The van der Waals surface area contributed by atoms with Gasteiger partial charge in [0.25, 0.3) is 0 Å². The fraction of sp³-hybridized carbons (Fsp3) is 0.588. The quantitative estimate of drug-likeness (QED) is 0.882. The number of pyridine rings is 1. The lowest BCUT2D eigenvalue weighted by Gasteiger charge is -2.37. The minimum atomic E-state index is 0.0148. The molecule has 3 rings (SSSR count). The van der Waals surface area contributed by atoms with Crippen molar-refractivity contribution in [2.24, 2.45) is 0 Å². The van der Waals surface area contributed by atoms with E-state index in [4.69, 9.17) is 4.74 Å². The van der Waals surface area contributed by atoms with Crippen LogP contribution in [0.1, 0.15) is 18.4 Å². The zero-order valence-electron chi connectivity index (χ0n) is 13.8. The maximum absolute atomic E-state index is 12.4. The summed E-state index contributed by atoms with van der Waals surface area (Å²) in [6.07, 6.45) is 5.36. The first kappa shape index (κ1) is 16.7. The van der Waals surface area contributed by atoms with Crippen molar-refractivity contribution in [1.29, 1.82) is 0 Å². The molecule has 7 nitrogen and oxygen atoms in total. The smallest absolute Gasteiger partial charge is 0.320 e. The number of carbonyl (C=O) groups is 2. The molecule has 130 valence electrons. The van der Waals surface area contributed by atoms with E-state index in [9.17, 15) is 9.59 Å². The van der Waals surface area contributed by atoms with Crippen LogP contribution in [0, 0.1) is 0 Å². The SMILES string of the molecule is O=C(Cc1cccnc1)NC1CCN(C(=O)N2CCOCC2)CC1. The number of piperidine rings is 1. The summed E-state index contributed by atoms with van der Waals surface area (Å²) in [6, 6.07) is 3.97. The van der Waals surface area contributed by atoms with Gasteiger partial charge in [0, 0.05) is 44.6 Å². The molecule has 3 amide bonds. The highest BCUT2D eigenvalue weighted by Gasteiger charge is 2.27. The summed E-state index contributed by atoms with van der Waals surface area (Å²) in [6.45, 7) is 3.95. The standard InChI is InChI=1S/C17H24N4O3/c22-16(12-14-2-1-5-18-13-14)19-15-3-6-20(7-4-15)17(23)21-8-10-24-11-9-21/h1-2,5,13,15H,3-4,6-12H2,(H,19,22). The van der Waals surface area contributed by atoms with E-state index in [1.165, 1.54) is 0 Å². The van der Waals surface area contributed by atoms with Crippen LogP contribution in [0.15, 0.2) is 24.5 Å². The third kappa shape index (κ3) is 4.44. The molecule has 7 heteroatoms. The van der Waals surface area contributed by atoms with Gasteiger partial charge in [0.15, 0.2) is 0 Å². The number of rotatable bonds is 3. The van der Waals surface area contributed by atoms with Gasteiger partial charge in [-0.1, -0.05) is 6.07 Å². The van der Waals surface area contributed by atoms with Gasteiger partial charge in [-0.05, 0) is 24.5 Å². The van der Waals surface area contributed by atoms with Gasteiger partial charge >= 0.3 is 6.03 Å². The summed E-state index contributed by atoms with van der Waals surface area (Å²) < 4.78 is 5.28. The van der Waals surface area contributed by atoms with E-state index < -0.39 is 0 Å². The van der Waals surface area contributed by atoms with Gasteiger partial charge in [-0.15, -0.1) is 0 Å². The van der Waals surface area contributed by atoms with Gasteiger partial charge in [0.2, 0.25) is 5.91 Å². The molecule has 1 aromatic rings. The first-order chi connectivity index (χ1) is 11.7. The second-order valence-electron chi connectivity index (χ2n) is 6.25. The fourth-order valence-corrected chi connectivity index (χ4v) is 3.14. The molecule has 24 heavy (non-hydrogen) atoms. The Morgan fingerprint density at radius 3 is 2.54 bits per heavy atom. The van der Waals surface area contributed by atoms with E-state index >= 15 is 0 Å². The van der Waals surface area contributed by atoms with Crippen LogP contribution in [0.3, 0.4) is 0 Å². The number of aromatic nitrogens is 1. The molecule has 2 saturated heterocycles. The number of likely N-dealkylation sites (tertiary alicyclic amines) is 1. The summed E-state index contributed by atoms with van der Waals surface area (Å²) in [5.41, 5.74) is 0.912. The van der Waals surface area contributed by atoms with Crippen molar-refractivity contribution >= 4 is 11.9 Å². The molecule has 0 atom stereocenters. The van der Waals surface area contributed by atoms with Crippen LogP contribution in [0.2, 0.25) is 0 Å². The number of carbonyl (C=O) groups excluding carboxylic acids is 2. The van der Waals surface area contributed by atoms with Crippen LogP contribution >= 0.6 is 0 Å². The van der Waals surface area contributed by atoms with Crippen LogP contribution in [-0.4, -0.2) is 72.2 Å². The largest absolute Gasteiger partial charge is 0.378 e. The second-order valence-corrected chi connectivity index (χ2v) is 6.25. The third-order valence-electron chi connectivity index (χ3n) is 4.50. The van der Waals surface area contributed by atoms with Gasteiger partial charge in [0.05, 0.1) is 19.6 Å². The van der Waals surface area contributed by atoms with Gasteiger partial charge < -0.3 is 19.9 Å². The van der Waals surface area contributed by atoms with E-state index in [-0.39, 0.29) is 18.0 Å². The van der Waals surface area contributed by atoms with Crippen molar-refractivity contribution in [1.82, 2.24) is 20.1 Å². The topological polar surface area (TPSA) is 74.8 Å². The summed E-state index contributed by atoms with van der Waals surface area (Å²) >= 11 is 0. The monoisotopic (exact) mass is 332 g/mol. The van der Waals surface area contributed by atoms with Crippen molar-refractivity contribution in [3.05, 3.63) is 30.1 Å². The number of nitrogens with zero attached hydrogens (tertiary/aromatic N) is 3. The third-order valence-corrected chi connectivity index (χ3v) is 4.50. The summed E-state index contributed by atoms with van der Waals surface area (Å²) in [7, 11) is 0. The highest BCUT2D eigenvalue weighted by atomic mass is 16.5. The van der Waals surface area contributed by atoms with Crippen molar-refractivity contribution in [3.63, 3.8) is 0 Å². The molecule has 0 aromatic carbocycles. The van der Waals surface area contributed by atoms with Crippen LogP contribution < -0.4 is 5.32 Å². The first-order valence-electron chi connectivity index (χ1n) is 8.52. The van der Waals surface area contributed by atoms with E-state index in [0.717, 1.165) is 18.4 Å². The van der Waals surface area contributed by atoms with E-state index in [2.05, 4.69) is 10.3 Å². The number of ether oxygens (including phenoxy) is 1. The number of hydrogen-bond acceptors (Lipinski definition) is 4. The lowest BCUT2D eigenvalue weighted by molar-refractivity contribution is -0.121. The molecular formula is C17H24N4O3. The normalized spacial score (nSPS) is 19.2. The molecule has 0 aliphatic carbocycles. The minimum absolute atomic E-state index is 0.0148. The lowest BCUT2D eigenvalue weighted by Crippen LogP contribution is -2.52. The number of hydrogen-bond donors (Lipinski definition) is 1. The van der Waals surface area contributed by atoms with Crippen LogP contribution in [0.25, 0.3) is 0 Å². The molecule has 1 N–H and O–H groups in total. The Morgan fingerprint density at radius 1 is 1.17 bits per heavy atom. The van der Waals surface area contributed by atoms with Crippen molar-refractivity contribution in [2.45, 2.75) is 25.3 Å². The van der Waals surface area contributed by atoms with Gasteiger partial charge in [-0.2, -0.15) is 0 Å².